The van der Waals surface area contributed by atoms with Crippen LogP contribution in [-0.4, -0.2) is 15.0 Å². The molecular formula is C48H29N3. The van der Waals surface area contributed by atoms with Crippen LogP contribution in [-0.2, 0) is 5.41 Å². The van der Waals surface area contributed by atoms with Crippen molar-refractivity contribution in [3.63, 3.8) is 0 Å². The van der Waals surface area contributed by atoms with Crippen LogP contribution in [0.2, 0.25) is 0 Å². The fraction of sp³-hybridized carbons (Fsp3) is 0.0208. The molecule has 0 aliphatic heterocycles. The van der Waals surface area contributed by atoms with Crippen LogP contribution in [0, 0.1) is 0 Å². The van der Waals surface area contributed by atoms with Crippen LogP contribution in [0.3, 0.4) is 0 Å². The van der Waals surface area contributed by atoms with E-state index in [1.54, 1.807) is 0 Å². The second kappa shape index (κ2) is 10.6. The lowest BCUT2D eigenvalue weighted by Crippen LogP contribution is -2.32. The summed E-state index contributed by atoms with van der Waals surface area (Å²) in [7, 11) is 0. The normalized spacial score (nSPS) is 15.1. The molecular weight excluding hydrogens is 619 g/mol. The van der Waals surface area contributed by atoms with E-state index in [9.17, 15) is 0 Å². The molecule has 3 nitrogen and oxygen atoms in total. The highest BCUT2D eigenvalue weighted by atomic mass is 15.0. The highest BCUT2D eigenvalue weighted by Crippen LogP contribution is 2.58. The SMILES string of the molecule is c1ccc(-c2cccc(-c3nc(-c4ccccc4)nc(C4(c5ccccc5)c5cccc6c7cccc8ccc9ccc4c(c56)c9c87)n3)c2)cc1. The first-order valence-electron chi connectivity index (χ1n) is 17.5. The Morgan fingerprint density at radius 1 is 0.333 bits per heavy atom. The zero-order valence-electron chi connectivity index (χ0n) is 27.6. The topological polar surface area (TPSA) is 38.7 Å². The molecule has 1 aliphatic rings. The molecule has 0 bridgehead atoms. The van der Waals surface area contributed by atoms with E-state index in [0.717, 1.165) is 33.6 Å². The number of benzene rings is 9. The summed E-state index contributed by atoms with van der Waals surface area (Å²) >= 11 is 0. The van der Waals surface area contributed by atoms with Gasteiger partial charge in [-0.15, -0.1) is 0 Å². The van der Waals surface area contributed by atoms with Crippen molar-refractivity contribution in [2.75, 3.05) is 0 Å². The van der Waals surface area contributed by atoms with Crippen molar-refractivity contribution in [1.29, 1.82) is 0 Å². The summed E-state index contributed by atoms with van der Waals surface area (Å²) in [5, 5.41) is 10.2. The van der Waals surface area contributed by atoms with Gasteiger partial charge >= 0.3 is 0 Å². The summed E-state index contributed by atoms with van der Waals surface area (Å²) in [6.45, 7) is 0. The van der Waals surface area contributed by atoms with E-state index in [-0.39, 0.29) is 0 Å². The van der Waals surface area contributed by atoms with Gasteiger partial charge in [0.05, 0.1) is 0 Å². The van der Waals surface area contributed by atoms with Crippen LogP contribution in [0.1, 0.15) is 22.5 Å². The third-order valence-corrected chi connectivity index (χ3v) is 10.9. The largest absolute Gasteiger partial charge is 0.211 e. The third-order valence-electron chi connectivity index (χ3n) is 10.9. The molecule has 9 aromatic carbocycles. The highest BCUT2D eigenvalue weighted by molar-refractivity contribution is 6.36. The van der Waals surface area contributed by atoms with E-state index in [0.29, 0.717) is 11.6 Å². The van der Waals surface area contributed by atoms with Gasteiger partial charge in [-0.05, 0) is 77.0 Å². The predicted octanol–water partition coefficient (Wildman–Crippen LogP) is 11.6. The molecule has 1 unspecified atom stereocenters. The summed E-state index contributed by atoms with van der Waals surface area (Å²) in [5.74, 6) is 2.03. The number of nitrogens with zero attached hydrogens (tertiary/aromatic N) is 3. The van der Waals surface area contributed by atoms with Crippen LogP contribution < -0.4 is 0 Å². The van der Waals surface area contributed by atoms with Crippen molar-refractivity contribution >= 4 is 43.1 Å². The smallest absolute Gasteiger partial charge is 0.163 e. The maximum atomic E-state index is 5.54. The Kier molecular flexibility index (Phi) is 5.88. The fourth-order valence-electron chi connectivity index (χ4n) is 8.72. The molecule has 10 aromatic rings. The lowest BCUT2D eigenvalue weighted by Gasteiger charge is -2.32. The van der Waals surface area contributed by atoms with Crippen molar-refractivity contribution in [1.82, 2.24) is 15.0 Å². The van der Waals surface area contributed by atoms with Crippen LogP contribution in [0.15, 0.2) is 176 Å². The molecule has 0 saturated heterocycles. The Morgan fingerprint density at radius 3 is 1.65 bits per heavy atom. The minimum atomic E-state index is -0.793. The van der Waals surface area contributed by atoms with Crippen molar-refractivity contribution in [3.05, 3.63) is 198 Å². The molecule has 1 aliphatic carbocycles. The van der Waals surface area contributed by atoms with E-state index in [2.05, 4.69) is 152 Å². The molecule has 1 aromatic heterocycles. The zero-order chi connectivity index (χ0) is 33.5. The summed E-state index contributed by atoms with van der Waals surface area (Å²) in [6, 6.07) is 62.8. The quantitative estimate of drug-likeness (QED) is 0.138. The van der Waals surface area contributed by atoms with Crippen molar-refractivity contribution in [3.8, 4) is 33.9 Å². The van der Waals surface area contributed by atoms with Gasteiger partial charge in [0, 0.05) is 11.1 Å². The zero-order valence-corrected chi connectivity index (χ0v) is 27.6. The first kappa shape index (κ1) is 28.2. The molecule has 51 heavy (non-hydrogen) atoms. The van der Waals surface area contributed by atoms with E-state index < -0.39 is 5.41 Å². The number of rotatable bonds is 5. The first-order valence-corrected chi connectivity index (χ1v) is 17.5. The van der Waals surface area contributed by atoms with Crippen LogP contribution >= 0.6 is 0 Å². The maximum Gasteiger partial charge on any atom is 0.163 e. The van der Waals surface area contributed by atoms with Crippen LogP contribution in [0.25, 0.3) is 77.0 Å². The molecule has 1 heterocycles. The number of fused-ring (bicyclic) bond motifs is 1. The van der Waals surface area contributed by atoms with Crippen LogP contribution in [0.4, 0.5) is 0 Å². The van der Waals surface area contributed by atoms with Gasteiger partial charge in [0.15, 0.2) is 17.5 Å². The number of aromatic nitrogens is 3. The lowest BCUT2D eigenvalue weighted by atomic mass is 9.71. The van der Waals surface area contributed by atoms with E-state index in [1.807, 2.05) is 24.3 Å². The Bertz CT molecular complexity index is 2960. The van der Waals surface area contributed by atoms with Gasteiger partial charge in [0.2, 0.25) is 0 Å². The van der Waals surface area contributed by atoms with Gasteiger partial charge in [0.1, 0.15) is 5.41 Å². The molecule has 0 fully saturated rings. The van der Waals surface area contributed by atoms with E-state index in [4.69, 9.17) is 15.0 Å². The molecule has 0 saturated carbocycles. The summed E-state index contributed by atoms with van der Waals surface area (Å²) in [5.41, 5.74) is 6.93. The third kappa shape index (κ3) is 3.92. The molecule has 0 spiro atoms. The lowest BCUT2D eigenvalue weighted by molar-refractivity contribution is 0.694. The highest BCUT2D eigenvalue weighted by Gasteiger charge is 2.48. The molecule has 236 valence electrons. The van der Waals surface area contributed by atoms with Gasteiger partial charge < -0.3 is 0 Å². The summed E-state index contributed by atoms with van der Waals surface area (Å²) in [4.78, 5) is 16.2. The summed E-state index contributed by atoms with van der Waals surface area (Å²) in [6.07, 6.45) is 0. The van der Waals surface area contributed by atoms with Gasteiger partial charge in [-0.1, -0.05) is 170 Å². The fourth-order valence-corrected chi connectivity index (χ4v) is 8.72. The number of hydrogen-bond acceptors (Lipinski definition) is 3. The molecule has 0 N–H and O–H groups in total. The molecule has 3 heteroatoms. The van der Waals surface area contributed by atoms with Crippen molar-refractivity contribution < 1.29 is 0 Å². The number of hydrogen-bond donors (Lipinski definition) is 0. The maximum absolute atomic E-state index is 5.54. The Morgan fingerprint density at radius 2 is 0.882 bits per heavy atom. The van der Waals surface area contributed by atoms with Gasteiger partial charge in [-0.25, -0.2) is 15.0 Å². The van der Waals surface area contributed by atoms with Crippen LogP contribution in [0.5, 0.6) is 0 Å². The Hall–Kier alpha value is -6.71. The average Bonchev–Trinajstić information content (AvgIpc) is 3.53. The second-order valence-corrected chi connectivity index (χ2v) is 13.5. The van der Waals surface area contributed by atoms with Gasteiger partial charge in [-0.3, -0.25) is 0 Å². The van der Waals surface area contributed by atoms with E-state index >= 15 is 0 Å². The minimum absolute atomic E-state index is 0.652. The van der Waals surface area contributed by atoms with E-state index in [1.165, 1.54) is 54.2 Å². The molecule has 0 amide bonds. The molecule has 1 atom stereocenters. The second-order valence-electron chi connectivity index (χ2n) is 13.5. The molecule has 11 rings (SSSR count). The van der Waals surface area contributed by atoms with Gasteiger partial charge in [0.25, 0.3) is 0 Å². The average molecular weight is 648 g/mol. The van der Waals surface area contributed by atoms with Crippen molar-refractivity contribution in [2.24, 2.45) is 0 Å². The summed E-state index contributed by atoms with van der Waals surface area (Å²) < 4.78 is 0. The Labute approximate surface area is 294 Å². The minimum Gasteiger partial charge on any atom is -0.211 e. The molecule has 0 radical (unpaired) electrons. The van der Waals surface area contributed by atoms with Gasteiger partial charge in [-0.2, -0.15) is 0 Å². The monoisotopic (exact) mass is 647 g/mol. The standard InChI is InChI=1S/C48H29N3/c1-4-13-30(14-5-1)34-18-10-19-35(29-34)46-49-45(33-15-6-2-7-16-33)50-47(51-46)48(36-20-8-3-9-21-36)39-24-12-23-38-37-22-11-17-31-25-26-32-27-28-40(48)44(43(38)39)42(32)41(31)37/h1-29H. The van der Waals surface area contributed by atoms with Crippen molar-refractivity contribution in [2.45, 2.75) is 5.41 Å². The Balaban J connectivity index is 1.29. The predicted molar refractivity (Wildman–Crippen MR) is 209 cm³/mol. The first-order chi connectivity index (χ1) is 25.3.